The lowest BCUT2D eigenvalue weighted by Gasteiger charge is -1.97. The lowest BCUT2D eigenvalue weighted by atomic mass is 10.1. The van der Waals surface area contributed by atoms with Crippen LogP contribution in [0.1, 0.15) is 45.4 Å². The third-order valence-electron chi connectivity index (χ3n) is 1.64. The van der Waals surface area contributed by atoms with Gasteiger partial charge in [-0.3, -0.25) is 4.79 Å². The smallest absolute Gasteiger partial charge is 0.290 e. The van der Waals surface area contributed by atoms with Crippen molar-refractivity contribution in [3.8, 4) is 0 Å². The van der Waals surface area contributed by atoms with E-state index >= 15 is 0 Å². The van der Waals surface area contributed by atoms with Gasteiger partial charge in [0, 0.05) is 0 Å². The number of carboxylic acid groups (broad SMARTS) is 1. The molecule has 0 atom stereocenters. The molecule has 0 saturated carbocycles. The van der Waals surface area contributed by atoms with E-state index in [0.717, 1.165) is 12.8 Å². The van der Waals surface area contributed by atoms with E-state index < -0.39 is 0 Å². The number of carbonyl (C=O) groups is 1. The van der Waals surface area contributed by atoms with Gasteiger partial charge in [0.15, 0.2) is 5.34 Å². The van der Waals surface area contributed by atoms with Crippen LogP contribution >= 0.6 is 0 Å². The molecule has 0 radical (unpaired) electrons. The quantitative estimate of drug-likeness (QED) is 0.286. The lowest BCUT2D eigenvalue weighted by Crippen LogP contribution is -1.86. The standard InChI is InChI=1S/C8H17NO2.CH2O2/c1-2-3-4-5-6-7-8-11-9-10;2-1-3/h2-8H2,1H3;1H,(H,2,3). The van der Waals surface area contributed by atoms with Crippen molar-refractivity contribution < 1.29 is 14.7 Å². The van der Waals surface area contributed by atoms with Crippen molar-refractivity contribution in [3.63, 3.8) is 0 Å². The van der Waals surface area contributed by atoms with Gasteiger partial charge in [-0.2, -0.15) is 0 Å². The molecular formula is C9H19NO4. The Morgan fingerprint density at radius 3 is 2.21 bits per heavy atom. The highest BCUT2D eigenvalue weighted by Crippen LogP contribution is 2.04. The fraction of sp³-hybridized carbons (Fsp3) is 0.889. The monoisotopic (exact) mass is 205 g/mol. The number of hydrogen-bond acceptors (Lipinski definition) is 4. The van der Waals surface area contributed by atoms with Crippen LogP contribution in [0.4, 0.5) is 0 Å². The maximum absolute atomic E-state index is 9.47. The predicted octanol–water partition coefficient (Wildman–Crippen LogP) is 2.75. The minimum Gasteiger partial charge on any atom is -0.483 e. The maximum atomic E-state index is 9.47. The Labute approximate surface area is 84.4 Å². The second kappa shape index (κ2) is 17.8. The fourth-order valence-electron chi connectivity index (χ4n) is 0.984. The van der Waals surface area contributed by atoms with Crippen LogP contribution in [0.5, 0.6) is 0 Å². The summed E-state index contributed by atoms with van der Waals surface area (Å²) in [4.78, 5) is 22.1. The van der Waals surface area contributed by atoms with E-state index in [0.29, 0.717) is 6.61 Å². The molecular weight excluding hydrogens is 186 g/mol. The summed E-state index contributed by atoms with van der Waals surface area (Å²) in [5, 5.41) is 9.21. The summed E-state index contributed by atoms with van der Waals surface area (Å²) in [6, 6.07) is 0. The lowest BCUT2D eigenvalue weighted by molar-refractivity contribution is -0.122. The maximum Gasteiger partial charge on any atom is 0.290 e. The SMILES string of the molecule is CCCCCCCCON=O.O=CO. The summed E-state index contributed by atoms with van der Waals surface area (Å²) >= 11 is 0. The summed E-state index contributed by atoms with van der Waals surface area (Å²) in [5.74, 6) is 0. The molecule has 0 unspecified atom stereocenters. The number of hydrogen-bond donors (Lipinski definition) is 1. The van der Waals surface area contributed by atoms with Crippen LogP contribution in [0.3, 0.4) is 0 Å². The molecule has 14 heavy (non-hydrogen) atoms. The van der Waals surface area contributed by atoms with Crippen LogP contribution in [0.2, 0.25) is 0 Å². The Morgan fingerprint density at radius 2 is 1.71 bits per heavy atom. The molecule has 0 rings (SSSR count). The second-order valence-electron chi connectivity index (χ2n) is 2.78. The van der Waals surface area contributed by atoms with Crippen LogP contribution in [0.15, 0.2) is 5.34 Å². The molecule has 0 aliphatic rings. The van der Waals surface area contributed by atoms with Gasteiger partial charge in [0.25, 0.3) is 6.47 Å². The fourth-order valence-corrected chi connectivity index (χ4v) is 0.984. The highest BCUT2D eigenvalue weighted by atomic mass is 16.7. The molecule has 0 spiro atoms. The molecule has 0 aliphatic carbocycles. The Bertz CT molecular complexity index is 119. The van der Waals surface area contributed by atoms with E-state index in [2.05, 4.69) is 17.1 Å². The van der Waals surface area contributed by atoms with Gasteiger partial charge in [-0.15, -0.1) is 4.91 Å². The molecule has 0 aliphatic heterocycles. The van der Waals surface area contributed by atoms with Crippen molar-refractivity contribution in [1.82, 2.24) is 0 Å². The number of nitrogens with zero attached hydrogens (tertiary/aromatic N) is 1. The number of rotatable bonds is 8. The molecule has 0 aromatic heterocycles. The first-order chi connectivity index (χ1) is 6.83. The Kier molecular flexibility index (Phi) is 19.5. The molecule has 0 aromatic rings. The van der Waals surface area contributed by atoms with Crippen LogP contribution < -0.4 is 0 Å². The van der Waals surface area contributed by atoms with E-state index in [-0.39, 0.29) is 6.47 Å². The molecule has 0 aromatic carbocycles. The van der Waals surface area contributed by atoms with Crippen LogP contribution in [-0.2, 0) is 9.63 Å². The third-order valence-corrected chi connectivity index (χ3v) is 1.64. The zero-order valence-electron chi connectivity index (χ0n) is 8.65. The molecule has 0 bridgehead atoms. The Morgan fingerprint density at radius 1 is 1.21 bits per heavy atom. The minimum absolute atomic E-state index is 0.250. The van der Waals surface area contributed by atoms with Crippen LogP contribution in [0.25, 0.3) is 0 Å². The van der Waals surface area contributed by atoms with Crippen molar-refractivity contribution in [2.45, 2.75) is 45.4 Å². The molecule has 84 valence electrons. The van der Waals surface area contributed by atoms with E-state index in [4.69, 9.17) is 9.90 Å². The average Bonchev–Trinajstić information content (AvgIpc) is 2.18. The first kappa shape index (κ1) is 15.3. The van der Waals surface area contributed by atoms with Gasteiger partial charge in [0.1, 0.15) is 6.61 Å². The molecule has 0 amide bonds. The normalized spacial score (nSPS) is 8.36. The van der Waals surface area contributed by atoms with Crippen LogP contribution in [0, 0.1) is 4.91 Å². The van der Waals surface area contributed by atoms with Crippen molar-refractivity contribution >= 4 is 6.47 Å². The topological polar surface area (TPSA) is 76.0 Å². The summed E-state index contributed by atoms with van der Waals surface area (Å²) < 4.78 is 0. The Hall–Kier alpha value is -1.13. The highest BCUT2D eigenvalue weighted by molar-refractivity contribution is 5.32. The Balaban J connectivity index is 0. The highest BCUT2D eigenvalue weighted by Gasteiger charge is 1.89. The van der Waals surface area contributed by atoms with E-state index in [1.54, 1.807) is 0 Å². The average molecular weight is 205 g/mol. The van der Waals surface area contributed by atoms with E-state index in [9.17, 15) is 4.91 Å². The molecule has 1 N–H and O–H groups in total. The molecule has 0 heterocycles. The van der Waals surface area contributed by atoms with Gasteiger partial charge in [0.2, 0.25) is 0 Å². The molecule has 5 heteroatoms. The van der Waals surface area contributed by atoms with Gasteiger partial charge in [-0.1, -0.05) is 32.6 Å². The van der Waals surface area contributed by atoms with Crippen LogP contribution in [-0.4, -0.2) is 18.2 Å². The summed E-state index contributed by atoms with van der Waals surface area (Å²) in [6.45, 7) is 2.43. The van der Waals surface area contributed by atoms with E-state index in [1.165, 1.54) is 25.7 Å². The summed E-state index contributed by atoms with van der Waals surface area (Å²) in [5.41, 5.74) is 0. The largest absolute Gasteiger partial charge is 0.483 e. The first-order valence-electron chi connectivity index (χ1n) is 4.85. The minimum atomic E-state index is -0.250. The molecule has 0 fully saturated rings. The third kappa shape index (κ3) is 22.4. The first-order valence-corrected chi connectivity index (χ1v) is 4.85. The van der Waals surface area contributed by atoms with Gasteiger partial charge in [-0.25, -0.2) is 0 Å². The van der Waals surface area contributed by atoms with Gasteiger partial charge in [0.05, 0.1) is 0 Å². The van der Waals surface area contributed by atoms with Gasteiger partial charge in [-0.05, 0) is 12.8 Å². The van der Waals surface area contributed by atoms with Crippen molar-refractivity contribution in [1.29, 1.82) is 0 Å². The summed E-state index contributed by atoms with van der Waals surface area (Å²) in [7, 11) is 0. The van der Waals surface area contributed by atoms with E-state index in [1.807, 2.05) is 0 Å². The molecule has 0 saturated heterocycles. The van der Waals surface area contributed by atoms with Crippen molar-refractivity contribution in [3.05, 3.63) is 4.91 Å². The van der Waals surface area contributed by atoms with Crippen molar-refractivity contribution in [2.75, 3.05) is 6.61 Å². The van der Waals surface area contributed by atoms with Gasteiger partial charge >= 0.3 is 0 Å². The second-order valence-corrected chi connectivity index (χ2v) is 2.78. The summed E-state index contributed by atoms with van der Waals surface area (Å²) in [6.07, 6.45) is 7.23. The van der Waals surface area contributed by atoms with Gasteiger partial charge < -0.3 is 9.94 Å². The molecule has 5 nitrogen and oxygen atoms in total. The zero-order chi connectivity index (χ0) is 11.1. The zero-order valence-corrected chi connectivity index (χ0v) is 8.65. The number of unbranched alkanes of at least 4 members (excludes halogenated alkanes) is 5. The predicted molar refractivity (Wildman–Crippen MR) is 53.8 cm³/mol. The van der Waals surface area contributed by atoms with Crippen molar-refractivity contribution in [2.24, 2.45) is 5.34 Å².